The highest BCUT2D eigenvalue weighted by Crippen LogP contribution is 2.30. The molecule has 2 fully saturated rings. The summed E-state index contributed by atoms with van der Waals surface area (Å²) in [6.45, 7) is 4.29. The van der Waals surface area contributed by atoms with Crippen LogP contribution in [-0.4, -0.2) is 55.2 Å². The zero-order valence-electron chi connectivity index (χ0n) is 12.4. The molecular weight excluding hydrogens is 278 g/mol. The third kappa shape index (κ3) is 2.31. The van der Waals surface area contributed by atoms with E-state index in [4.69, 9.17) is 4.74 Å². The number of fused-ring (bicyclic) bond motifs is 1. The van der Waals surface area contributed by atoms with Gasteiger partial charge >= 0.3 is 0 Å². The molecule has 5 nitrogen and oxygen atoms in total. The van der Waals surface area contributed by atoms with Gasteiger partial charge in [-0.1, -0.05) is 24.3 Å². The van der Waals surface area contributed by atoms with Crippen molar-refractivity contribution in [1.29, 1.82) is 0 Å². The summed E-state index contributed by atoms with van der Waals surface area (Å²) in [5.74, 6) is 1.35. The van der Waals surface area contributed by atoms with E-state index in [0.717, 1.165) is 37.4 Å². The van der Waals surface area contributed by atoms with Crippen molar-refractivity contribution in [1.82, 2.24) is 9.88 Å². The lowest BCUT2D eigenvalue weighted by molar-refractivity contribution is -0.140. The van der Waals surface area contributed by atoms with Crippen molar-refractivity contribution >= 4 is 22.5 Å². The second kappa shape index (κ2) is 5.57. The molecule has 0 spiro atoms. The van der Waals surface area contributed by atoms with Gasteiger partial charge in [0.25, 0.3) is 0 Å². The third-order valence-electron chi connectivity index (χ3n) is 4.51. The van der Waals surface area contributed by atoms with Crippen LogP contribution in [0.4, 0.5) is 5.82 Å². The fraction of sp³-hybridized carbons (Fsp3) is 0.412. The number of anilines is 1. The minimum absolute atomic E-state index is 0.0962. The first kappa shape index (κ1) is 13.5. The maximum absolute atomic E-state index is 12.4. The van der Waals surface area contributed by atoms with E-state index in [1.165, 1.54) is 5.39 Å². The van der Waals surface area contributed by atoms with Crippen LogP contribution in [0.25, 0.3) is 10.8 Å². The molecule has 0 saturated carbocycles. The summed E-state index contributed by atoms with van der Waals surface area (Å²) in [6.07, 6.45) is 1.84. The highest BCUT2D eigenvalue weighted by atomic mass is 16.5. The number of amides is 1. The molecule has 3 heterocycles. The van der Waals surface area contributed by atoms with E-state index in [-0.39, 0.29) is 11.8 Å². The normalized spacial score (nSPS) is 19.3. The van der Waals surface area contributed by atoms with Crippen LogP contribution in [0.3, 0.4) is 0 Å². The molecule has 0 atom stereocenters. The quantitative estimate of drug-likeness (QED) is 0.843. The van der Waals surface area contributed by atoms with Gasteiger partial charge in [0.2, 0.25) is 5.91 Å². The molecule has 0 aliphatic carbocycles. The Labute approximate surface area is 129 Å². The first-order valence-electron chi connectivity index (χ1n) is 7.78. The minimum atomic E-state index is 0.0962. The number of benzene rings is 1. The standard InChI is InChI=1S/C17H19N3O2/c21-17(19-7-9-22-10-8-19)14-11-20(12-14)16-15-4-2-1-3-13(15)5-6-18-16/h1-6,14H,7-12H2. The molecule has 5 heteroatoms. The third-order valence-corrected chi connectivity index (χ3v) is 4.51. The molecule has 2 aromatic rings. The molecule has 4 rings (SSSR count). The van der Waals surface area contributed by atoms with Crippen LogP contribution in [0.2, 0.25) is 0 Å². The molecule has 2 aliphatic rings. The number of hydrogen-bond donors (Lipinski definition) is 0. The van der Waals surface area contributed by atoms with Crippen LogP contribution in [0.5, 0.6) is 0 Å². The number of ether oxygens (including phenoxy) is 1. The second-order valence-electron chi connectivity index (χ2n) is 5.90. The van der Waals surface area contributed by atoms with Crippen molar-refractivity contribution < 1.29 is 9.53 Å². The van der Waals surface area contributed by atoms with E-state index in [1.54, 1.807) is 0 Å². The van der Waals surface area contributed by atoms with Crippen LogP contribution < -0.4 is 4.90 Å². The lowest BCUT2D eigenvalue weighted by Gasteiger charge is -2.42. The second-order valence-corrected chi connectivity index (χ2v) is 5.90. The van der Waals surface area contributed by atoms with Gasteiger partial charge in [-0.25, -0.2) is 4.98 Å². The van der Waals surface area contributed by atoms with Crippen LogP contribution in [-0.2, 0) is 9.53 Å². The number of carbonyl (C=O) groups is 1. The average Bonchev–Trinajstić information content (AvgIpc) is 2.54. The average molecular weight is 297 g/mol. The zero-order valence-corrected chi connectivity index (χ0v) is 12.4. The van der Waals surface area contributed by atoms with Crippen LogP contribution >= 0.6 is 0 Å². The fourth-order valence-corrected chi connectivity index (χ4v) is 3.21. The summed E-state index contributed by atoms with van der Waals surface area (Å²) >= 11 is 0. The first-order valence-corrected chi connectivity index (χ1v) is 7.78. The Morgan fingerprint density at radius 2 is 1.91 bits per heavy atom. The summed E-state index contributed by atoms with van der Waals surface area (Å²) in [5.41, 5.74) is 0. The molecule has 1 aromatic carbocycles. The largest absolute Gasteiger partial charge is 0.378 e. The smallest absolute Gasteiger partial charge is 0.229 e. The first-order chi connectivity index (χ1) is 10.8. The number of morpholine rings is 1. The fourth-order valence-electron chi connectivity index (χ4n) is 3.21. The Hall–Kier alpha value is -2.14. The summed E-state index contributed by atoms with van der Waals surface area (Å²) in [7, 11) is 0. The van der Waals surface area contributed by atoms with E-state index in [1.807, 2.05) is 29.3 Å². The van der Waals surface area contributed by atoms with E-state index in [2.05, 4.69) is 22.0 Å². The Kier molecular flexibility index (Phi) is 3.42. The van der Waals surface area contributed by atoms with Crippen molar-refractivity contribution in [3.05, 3.63) is 36.5 Å². The highest BCUT2D eigenvalue weighted by Gasteiger charge is 2.36. The number of pyridine rings is 1. The molecule has 2 saturated heterocycles. The van der Waals surface area contributed by atoms with E-state index < -0.39 is 0 Å². The maximum atomic E-state index is 12.4. The topological polar surface area (TPSA) is 45.7 Å². The number of hydrogen-bond acceptors (Lipinski definition) is 4. The Balaban J connectivity index is 1.47. The monoisotopic (exact) mass is 297 g/mol. The van der Waals surface area contributed by atoms with Gasteiger partial charge in [0.15, 0.2) is 0 Å². The van der Waals surface area contributed by atoms with Gasteiger partial charge in [-0.2, -0.15) is 0 Å². The molecule has 0 unspecified atom stereocenters. The highest BCUT2D eigenvalue weighted by molar-refractivity contribution is 5.93. The molecular formula is C17H19N3O2. The molecule has 0 bridgehead atoms. The van der Waals surface area contributed by atoms with Crippen molar-refractivity contribution in [3.63, 3.8) is 0 Å². The van der Waals surface area contributed by atoms with Crippen molar-refractivity contribution in [3.8, 4) is 0 Å². The number of rotatable bonds is 2. The predicted molar refractivity (Wildman–Crippen MR) is 84.8 cm³/mol. The zero-order chi connectivity index (χ0) is 14.9. The summed E-state index contributed by atoms with van der Waals surface area (Å²) in [5, 5.41) is 2.35. The van der Waals surface area contributed by atoms with Gasteiger partial charge < -0.3 is 14.5 Å². The molecule has 1 aromatic heterocycles. The van der Waals surface area contributed by atoms with E-state index in [0.29, 0.717) is 13.2 Å². The number of nitrogens with zero attached hydrogens (tertiary/aromatic N) is 3. The van der Waals surface area contributed by atoms with Crippen molar-refractivity contribution in [2.75, 3.05) is 44.3 Å². The predicted octanol–water partition coefficient (Wildman–Crippen LogP) is 1.53. The van der Waals surface area contributed by atoms with Crippen molar-refractivity contribution in [2.24, 2.45) is 5.92 Å². The van der Waals surface area contributed by atoms with Crippen molar-refractivity contribution in [2.45, 2.75) is 0 Å². The summed E-state index contributed by atoms with van der Waals surface area (Å²) < 4.78 is 5.31. The maximum Gasteiger partial charge on any atom is 0.229 e. The Bertz CT molecular complexity index is 686. The van der Waals surface area contributed by atoms with Gasteiger partial charge in [-0.3, -0.25) is 4.79 Å². The minimum Gasteiger partial charge on any atom is -0.378 e. The van der Waals surface area contributed by atoms with Gasteiger partial charge in [0.1, 0.15) is 5.82 Å². The lowest BCUT2D eigenvalue weighted by Crippen LogP contribution is -2.56. The van der Waals surface area contributed by atoms with Crippen LogP contribution in [0, 0.1) is 5.92 Å². The van der Waals surface area contributed by atoms with Gasteiger partial charge in [-0.15, -0.1) is 0 Å². The summed E-state index contributed by atoms with van der Waals surface area (Å²) in [6, 6.07) is 10.3. The van der Waals surface area contributed by atoms with Gasteiger partial charge in [-0.05, 0) is 11.5 Å². The van der Waals surface area contributed by atoms with E-state index in [9.17, 15) is 4.79 Å². The van der Waals surface area contributed by atoms with Gasteiger partial charge in [0.05, 0.1) is 19.1 Å². The molecule has 0 radical (unpaired) electrons. The van der Waals surface area contributed by atoms with Crippen LogP contribution in [0.1, 0.15) is 0 Å². The SMILES string of the molecule is O=C(C1CN(c2nccc3ccccc23)C1)N1CCOCC1. The van der Waals surface area contributed by atoms with Crippen LogP contribution in [0.15, 0.2) is 36.5 Å². The lowest BCUT2D eigenvalue weighted by atomic mass is 9.97. The summed E-state index contributed by atoms with van der Waals surface area (Å²) in [4.78, 5) is 21.1. The Morgan fingerprint density at radius 3 is 2.73 bits per heavy atom. The molecule has 0 N–H and O–H groups in total. The molecule has 1 amide bonds. The van der Waals surface area contributed by atoms with E-state index >= 15 is 0 Å². The number of carbonyl (C=O) groups excluding carboxylic acids is 1. The van der Waals surface area contributed by atoms with Gasteiger partial charge in [0, 0.05) is 37.8 Å². The number of aromatic nitrogens is 1. The molecule has 22 heavy (non-hydrogen) atoms. The molecule has 2 aliphatic heterocycles. The Morgan fingerprint density at radius 1 is 1.14 bits per heavy atom. The molecule has 114 valence electrons.